The van der Waals surface area contributed by atoms with E-state index in [4.69, 9.17) is 0 Å². The fourth-order valence-electron chi connectivity index (χ4n) is 1.48. The SMILES string of the molecule is CC.CC/C=C/C1CCCC1.CCC. The van der Waals surface area contributed by atoms with Gasteiger partial charge in [-0.25, -0.2) is 0 Å². The van der Waals surface area contributed by atoms with E-state index < -0.39 is 0 Å². The van der Waals surface area contributed by atoms with Crippen LogP contribution in [-0.2, 0) is 0 Å². The van der Waals surface area contributed by atoms with Gasteiger partial charge in [0, 0.05) is 0 Å². The number of rotatable bonds is 2. The molecule has 0 saturated heterocycles. The molecule has 0 aromatic heterocycles. The zero-order valence-electron chi connectivity index (χ0n) is 11.0. The zero-order chi connectivity index (χ0) is 11.2. The molecule has 0 aliphatic heterocycles. The molecule has 0 atom stereocenters. The normalized spacial score (nSPS) is 15.8. The number of allylic oxidation sites excluding steroid dienone is 2. The second kappa shape index (κ2) is 15.2. The van der Waals surface area contributed by atoms with Crippen LogP contribution < -0.4 is 0 Å². The molecular formula is C14H30. The van der Waals surface area contributed by atoms with E-state index in [9.17, 15) is 0 Å². The molecule has 14 heavy (non-hydrogen) atoms. The third-order valence-electron chi connectivity index (χ3n) is 2.04. The average molecular weight is 198 g/mol. The van der Waals surface area contributed by atoms with Crippen molar-refractivity contribution in [2.45, 2.75) is 73.1 Å². The van der Waals surface area contributed by atoms with Crippen LogP contribution in [0.2, 0.25) is 0 Å². The van der Waals surface area contributed by atoms with Crippen LogP contribution >= 0.6 is 0 Å². The van der Waals surface area contributed by atoms with Crippen molar-refractivity contribution in [2.24, 2.45) is 5.92 Å². The fourth-order valence-corrected chi connectivity index (χ4v) is 1.48. The third kappa shape index (κ3) is 11.7. The summed E-state index contributed by atoms with van der Waals surface area (Å²) in [4.78, 5) is 0. The Kier molecular flexibility index (Phi) is 17.6. The molecule has 0 amide bonds. The van der Waals surface area contributed by atoms with Gasteiger partial charge in [-0.3, -0.25) is 0 Å². The van der Waals surface area contributed by atoms with E-state index in [0.29, 0.717) is 0 Å². The molecule has 0 aromatic carbocycles. The van der Waals surface area contributed by atoms with E-state index in [-0.39, 0.29) is 0 Å². The summed E-state index contributed by atoms with van der Waals surface area (Å²) in [5.74, 6) is 0.935. The van der Waals surface area contributed by atoms with Gasteiger partial charge < -0.3 is 0 Å². The Morgan fingerprint density at radius 1 is 1.00 bits per heavy atom. The van der Waals surface area contributed by atoms with Crippen LogP contribution in [0.1, 0.15) is 73.1 Å². The fraction of sp³-hybridized carbons (Fsp3) is 0.857. The highest BCUT2D eigenvalue weighted by Gasteiger charge is 2.10. The summed E-state index contributed by atoms with van der Waals surface area (Å²) >= 11 is 0. The Balaban J connectivity index is 0. The smallest absolute Gasteiger partial charge is 0.0234 e. The maximum atomic E-state index is 2.40. The topological polar surface area (TPSA) is 0 Å². The molecule has 0 heteroatoms. The summed E-state index contributed by atoms with van der Waals surface area (Å²) in [5.41, 5.74) is 0. The zero-order valence-corrected chi connectivity index (χ0v) is 11.0. The van der Waals surface area contributed by atoms with Crippen LogP contribution in [0.4, 0.5) is 0 Å². The van der Waals surface area contributed by atoms with Crippen molar-refractivity contribution in [3.8, 4) is 0 Å². The molecule has 0 spiro atoms. The van der Waals surface area contributed by atoms with Crippen molar-refractivity contribution in [2.75, 3.05) is 0 Å². The monoisotopic (exact) mass is 198 g/mol. The van der Waals surface area contributed by atoms with Crippen LogP contribution in [-0.4, -0.2) is 0 Å². The van der Waals surface area contributed by atoms with Crippen LogP contribution in [0.25, 0.3) is 0 Å². The van der Waals surface area contributed by atoms with Crippen molar-refractivity contribution in [3.05, 3.63) is 12.2 Å². The van der Waals surface area contributed by atoms with Gasteiger partial charge in [-0.05, 0) is 25.2 Å². The van der Waals surface area contributed by atoms with Gasteiger partial charge in [0.1, 0.15) is 0 Å². The first kappa shape index (κ1) is 16.2. The van der Waals surface area contributed by atoms with Gasteiger partial charge in [-0.2, -0.15) is 0 Å². The first-order valence-electron chi connectivity index (χ1n) is 6.51. The molecule has 0 heterocycles. The lowest BCUT2D eigenvalue weighted by molar-refractivity contribution is 0.683. The minimum absolute atomic E-state index is 0.935. The lowest BCUT2D eigenvalue weighted by atomic mass is 10.1. The van der Waals surface area contributed by atoms with Crippen LogP contribution in [0, 0.1) is 5.92 Å². The van der Waals surface area contributed by atoms with Crippen LogP contribution in [0.3, 0.4) is 0 Å². The Morgan fingerprint density at radius 2 is 1.43 bits per heavy atom. The summed E-state index contributed by atoms with van der Waals surface area (Å²) in [6.45, 7) is 10.4. The van der Waals surface area contributed by atoms with E-state index >= 15 is 0 Å². The maximum Gasteiger partial charge on any atom is -0.0234 e. The van der Waals surface area contributed by atoms with Crippen LogP contribution in [0.15, 0.2) is 12.2 Å². The van der Waals surface area contributed by atoms with Gasteiger partial charge in [0.25, 0.3) is 0 Å². The van der Waals surface area contributed by atoms with Crippen molar-refractivity contribution in [1.82, 2.24) is 0 Å². The molecule has 0 radical (unpaired) electrons. The predicted molar refractivity (Wildman–Crippen MR) is 68.7 cm³/mol. The molecule has 0 aromatic rings. The highest BCUT2D eigenvalue weighted by Crippen LogP contribution is 2.25. The van der Waals surface area contributed by atoms with E-state index in [1.165, 1.54) is 38.5 Å². The van der Waals surface area contributed by atoms with Gasteiger partial charge in [-0.1, -0.05) is 66.0 Å². The number of hydrogen-bond acceptors (Lipinski definition) is 0. The second-order valence-corrected chi connectivity index (χ2v) is 3.59. The quantitative estimate of drug-likeness (QED) is 0.508. The molecule has 1 rings (SSSR count). The molecule has 1 saturated carbocycles. The largest absolute Gasteiger partial charge is 0.0885 e. The summed E-state index contributed by atoms with van der Waals surface area (Å²) in [6, 6.07) is 0. The molecule has 86 valence electrons. The van der Waals surface area contributed by atoms with Gasteiger partial charge in [0.05, 0.1) is 0 Å². The first-order chi connectivity index (χ1) is 6.85. The Bertz CT molecular complexity index is 96.6. The average Bonchev–Trinajstić information content (AvgIpc) is 2.72. The van der Waals surface area contributed by atoms with E-state index in [0.717, 1.165) is 5.92 Å². The Labute approximate surface area is 91.8 Å². The summed E-state index contributed by atoms with van der Waals surface area (Å²) in [6.07, 6.45) is 12.9. The first-order valence-corrected chi connectivity index (χ1v) is 6.51. The van der Waals surface area contributed by atoms with Crippen molar-refractivity contribution in [3.63, 3.8) is 0 Å². The summed E-state index contributed by atoms with van der Waals surface area (Å²) < 4.78 is 0. The predicted octanol–water partition coefficient (Wildman–Crippen LogP) is 5.59. The van der Waals surface area contributed by atoms with Crippen molar-refractivity contribution < 1.29 is 0 Å². The highest BCUT2D eigenvalue weighted by molar-refractivity contribution is 4.89. The minimum Gasteiger partial charge on any atom is -0.0885 e. The third-order valence-corrected chi connectivity index (χ3v) is 2.04. The summed E-state index contributed by atoms with van der Waals surface area (Å²) in [7, 11) is 0. The molecule has 0 bridgehead atoms. The standard InChI is InChI=1S/C9H16.C3H8.C2H6/c1-2-3-6-9-7-4-5-8-9;1-3-2;1-2/h3,6,9H,2,4-5,7-8H2,1H3;3H2,1-2H3;1-2H3/b6-3+;;. The van der Waals surface area contributed by atoms with Crippen LogP contribution in [0.5, 0.6) is 0 Å². The van der Waals surface area contributed by atoms with Gasteiger partial charge >= 0.3 is 0 Å². The lowest BCUT2D eigenvalue weighted by Gasteiger charge is -1.97. The maximum absolute atomic E-state index is 2.40. The van der Waals surface area contributed by atoms with Crippen molar-refractivity contribution >= 4 is 0 Å². The molecule has 0 N–H and O–H groups in total. The molecule has 0 unspecified atom stereocenters. The molecule has 1 fully saturated rings. The van der Waals surface area contributed by atoms with Crippen molar-refractivity contribution in [1.29, 1.82) is 0 Å². The molecule has 1 aliphatic rings. The minimum atomic E-state index is 0.935. The molecular weight excluding hydrogens is 168 g/mol. The molecule has 0 nitrogen and oxygen atoms in total. The second-order valence-electron chi connectivity index (χ2n) is 3.59. The van der Waals surface area contributed by atoms with E-state index in [1.54, 1.807) is 0 Å². The van der Waals surface area contributed by atoms with Gasteiger partial charge in [-0.15, -0.1) is 0 Å². The van der Waals surface area contributed by atoms with Gasteiger partial charge in [0.2, 0.25) is 0 Å². The van der Waals surface area contributed by atoms with E-state index in [1.807, 2.05) is 13.8 Å². The molecule has 1 aliphatic carbocycles. The Morgan fingerprint density at radius 3 is 1.79 bits per heavy atom. The van der Waals surface area contributed by atoms with E-state index in [2.05, 4.69) is 32.9 Å². The number of hydrogen-bond donors (Lipinski definition) is 0. The highest BCUT2D eigenvalue weighted by atomic mass is 14.2. The van der Waals surface area contributed by atoms with Gasteiger partial charge in [0.15, 0.2) is 0 Å². The Hall–Kier alpha value is -0.260. The summed E-state index contributed by atoms with van der Waals surface area (Å²) in [5, 5.41) is 0. The lowest BCUT2D eigenvalue weighted by Crippen LogP contribution is -1.84.